The lowest BCUT2D eigenvalue weighted by Gasteiger charge is -2.57. The summed E-state index contributed by atoms with van der Waals surface area (Å²) < 4.78 is 24.1. The maximum absolute atomic E-state index is 11.7. The molecule has 2 fully saturated rings. The van der Waals surface area contributed by atoms with Gasteiger partial charge in [-0.2, -0.15) is 0 Å². The normalized spacial score (nSPS) is 33.7. The van der Waals surface area contributed by atoms with Crippen LogP contribution in [-0.4, -0.2) is 62.8 Å². The molecule has 0 bridgehead atoms. The van der Waals surface area contributed by atoms with Gasteiger partial charge in [0.25, 0.3) is 0 Å². The van der Waals surface area contributed by atoms with Gasteiger partial charge in [0, 0.05) is 23.9 Å². The largest absolute Gasteiger partial charge is 0.457 e. The summed E-state index contributed by atoms with van der Waals surface area (Å²) in [5.74, 6) is -0.877. The Morgan fingerprint density at radius 3 is 2.11 bits per heavy atom. The Balaban J connectivity index is 2.45. The van der Waals surface area contributed by atoms with Gasteiger partial charge in [-0.15, -0.1) is 0 Å². The van der Waals surface area contributed by atoms with Crippen LogP contribution in [0.2, 0.25) is 10.1 Å². The maximum Gasteiger partial charge on any atom is 0.349 e. The van der Waals surface area contributed by atoms with Gasteiger partial charge in [-0.05, 0) is 0 Å². The molecule has 2 saturated heterocycles. The van der Waals surface area contributed by atoms with E-state index in [4.69, 9.17) is 18.3 Å². The third-order valence-electron chi connectivity index (χ3n) is 5.07. The van der Waals surface area contributed by atoms with Gasteiger partial charge < -0.3 is 28.7 Å². The number of esters is 1. The number of hydrogen-bond acceptors (Lipinski definition) is 7. The Kier molecular flexibility index (Phi) is 6.14. The number of carbonyl (C=O) groups is 2. The lowest BCUT2D eigenvalue weighted by molar-refractivity contribution is -0.269. The first-order valence-corrected chi connectivity index (χ1v) is 11.1. The molecule has 0 aromatic carbocycles. The summed E-state index contributed by atoms with van der Waals surface area (Å²) in [7, 11) is -2.84. The number of carbonyl (C=O) groups excluding carboxylic acids is 2. The number of hydrogen-bond donors (Lipinski definition) is 2. The van der Waals surface area contributed by atoms with Crippen LogP contribution in [0.25, 0.3) is 0 Å². The van der Waals surface area contributed by atoms with Crippen molar-refractivity contribution in [3.05, 3.63) is 0 Å². The average Bonchev–Trinajstić information content (AvgIpc) is 2.47. The van der Waals surface area contributed by atoms with E-state index in [0.717, 1.165) is 0 Å². The van der Waals surface area contributed by atoms with E-state index >= 15 is 0 Å². The van der Waals surface area contributed by atoms with Crippen molar-refractivity contribution in [2.75, 3.05) is 6.61 Å². The summed E-state index contributed by atoms with van der Waals surface area (Å²) in [5.41, 5.74) is 0. The lowest BCUT2D eigenvalue weighted by atomic mass is 9.96. The van der Waals surface area contributed by atoms with Gasteiger partial charge in [0.2, 0.25) is 5.91 Å². The number of aliphatic hydroxyl groups is 1. The van der Waals surface area contributed by atoms with E-state index in [9.17, 15) is 14.7 Å². The van der Waals surface area contributed by atoms with E-state index in [2.05, 4.69) is 46.9 Å². The fourth-order valence-corrected chi connectivity index (χ4v) is 9.21. The Labute approximate surface area is 162 Å². The van der Waals surface area contributed by atoms with Gasteiger partial charge in [0.05, 0.1) is 6.61 Å². The molecular formula is C18H33NO7Si. The maximum atomic E-state index is 11.7. The zero-order valence-corrected chi connectivity index (χ0v) is 18.5. The highest BCUT2D eigenvalue weighted by molar-refractivity contribution is 6.73. The van der Waals surface area contributed by atoms with E-state index in [0.29, 0.717) is 0 Å². The van der Waals surface area contributed by atoms with Crippen molar-refractivity contribution >= 4 is 20.4 Å². The summed E-state index contributed by atoms with van der Waals surface area (Å²) in [5, 5.41) is 12.5. The Morgan fingerprint density at radius 1 is 1.11 bits per heavy atom. The molecule has 0 radical (unpaired) electrons. The molecule has 0 aliphatic carbocycles. The molecule has 2 aliphatic heterocycles. The van der Waals surface area contributed by atoms with Gasteiger partial charge in [-0.25, -0.2) is 0 Å². The van der Waals surface area contributed by atoms with Crippen molar-refractivity contribution in [3.8, 4) is 0 Å². The van der Waals surface area contributed by atoms with Crippen molar-refractivity contribution in [2.24, 2.45) is 0 Å². The van der Waals surface area contributed by atoms with Gasteiger partial charge in [-0.3, -0.25) is 9.59 Å². The highest BCUT2D eigenvalue weighted by atomic mass is 28.4. The van der Waals surface area contributed by atoms with Crippen LogP contribution in [0.15, 0.2) is 0 Å². The van der Waals surface area contributed by atoms with Crippen LogP contribution in [0, 0.1) is 0 Å². The average molecular weight is 404 g/mol. The standard InChI is InChI=1S/C18H33NO7Si/c1-10(20)19-13-15(24-11(2)21)14-12(25-16(13)22)9-23-27(26-14,17(3,4)5)18(6,7)8/h12-16,22H,9H2,1-8H3,(H,19,20)/t12-,13-,14-,15-,16?/m1/s1. The van der Waals surface area contributed by atoms with Crippen LogP contribution < -0.4 is 5.32 Å². The first-order chi connectivity index (χ1) is 12.2. The number of nitrogens with one attached hydrogen (secondary N) is 1. The minimum absolute atomic E-state index is 0.229. The van der Waals surface area contributed by atoms with Gasteiger partial charge in [0.1, 0.15) is 18.2 Å². The summed E-state index contributed by atoms with van der Waals surface area (Å²) in [6, 6.07) is -0.919. The summed E-state index contributed by atoms with van der Waals surface area (Å²) in [4.78, 5) is 23.4. The van der Waals surface area contributed by atoms with E-state index < -0.39 is 45.2 Å². The smallest absolute Gasteiger partial charge is 0.349 e. The summed E-state index contributed by atoms with van der Waals surface area (Å²) >= 11 is 0. The summed E-state index contributed by atoms with van der Waals surface area (Å²) in [6.07, 6.45) is -3.45. The third-order valence-corrected chi connectivity index (χ3v) is 10.2. The molecule has 2 rings (SSSR count). The molecule has 2 N–H and O–H groups in total. The van der Waals surface area contributed by atoms with Crippen molar-refractivity contribution < 1.29 is 33.0 Å². The number of aliphatic hydroxyl groups excluding tert-OH is 1. The fraction of sp³-hybridized carbons (Fsp3) is 0.889. The quantitative estimate of drug-likeness (QED) is 0.533. The van der Waals surface area contributed by atoms with E-state index in [1.54, 1.807) is 0 Å². The van der Waals surface area contributed by atoms with Crippen molar-refractivity contribution in [1.82, 2.24) is 5.32 Å². The molecule has 1 unspecified atom stereocenters. The van der Waals surface area contributed by atoms with Gasteiger partial charge in [-0.1, -0.05) is 41.5 Å². The SMILES string of the molecule is CC(=O)N[C@H]1C(O)O[C@@H]2CO[Si](C(C)(C)C)(C(C)(C)C)O[C@H]2[C@@H]1OC(C)=O. The third kappa shape index (κ3) is 4.22. The molecule has 2 heterocycles. The second kappa shape index (κ2) is 7.44. The minimum atomic E-state index is -2.84. The van der Waals surface area contributed by atoms with E-state index in [1.165, 1.54) is 13.8 Å². The molecule has 9 heteroatoms. The van der Waals surface area contributed by atoms with Crippen molar-refractivity contribution in [2.45, 2.75) is 96.1 Å². The van der Waals surface area contributed by atoms with E-state index in [1.807, 2.05) is 0 Å². The van der Waals surface area contributed by atoms with Crippen molar-refractivity contribution in [1.29, 1.82) is 0 Å². The molecule has 156 valence electrons. The highest BCUT2D eigenvalue weighted by Crippen LogP contribution is 2.55. The molecule has 2 aliphatic rings. The topological polar surface area (TPSA) is 103 Å². The Morgan fingerprint density at radius 2 is 1.67 bits per heavy atom. The summed E-state index contributed by atoms with van der Waals surface area (Å²) in [6.45, 7) is 15.3. The van der Waals surface area contributed by atoms with Crippen LogP contribution in [0.4, 0.5) is 0 Å². The number of ether oxygens (including phenoxy) is 2. The first kappa shape index (κ1) is 22.3. The zero-order chi connectivity index (χ0) is 20.8. The molecule has 1 amide bonds. The van der Waals surface area contributed by atoms with Crippen molar-refractivity contribution in [3.63, 3.8) is 0 Å². The Hall–Kier alpha value is -1.00. The molecular weight excluding hydrogens is 370 g/mol. The lowest BCUT2D eigenvalue weighted by Crippen LogP contribution is -2.73. The Bertz CT molecular complexity index is 569. The van der Waals surface area contributed by atoms with Crippen LogP contribution in [0.3, 0.4) is 0 Å². The molecule has 5 atom stereocenters. The number of rotatable bonds is 2. The van der Waals surface area contributed by atoms with Gasteiger partial charge in [0.15, 0.2) is 12.4 Å². The second-order valence-electron chi connectivity index (χ2n) is 9.38. The predicted molar refractivity (Wildman–Crippen MR) is 100 cm³/mol. The van der Waals surface area contributed by atoms with E-state index in [-0.39, 0.29) is 22.6 Å². The molecule has 0 saturated carbocycles. The fourth-order valence-electron chi connectivity index (χ4n) is 4.25. The zero-order valence-electron chi connectivity index (χ0n) is 17.5. The molecule has 8 nitrogen and oxygen atoms in total. The molecule has 0 aromatic rings. The van der Waals surface area contributed by atoms with Crippen LogP contribution in [-0.2, 0) is 27.9 Å². The monoisotopic (exact) mass is 403 g/mol. The van der Waals surface area contributed by atoms with Crippen LogP contribution in [0.5, 0.6) is 0 Å². The van der Waals surface area contributed by atoms with Crippen LogP contribution >= 0.6 is 0 Å². The predicted octanol–water partition coefficient (Wildman–Crippen LogP) is 1.60. The number of amides is 1. The molecule has 0 aromatic heterocycles. The molecule has 0 spiro atoms. The van der Waals surface area contributed by atoms with Crippen LogP contribution in [0.1, 0.15) is 55.4 Å². The van der Waals surface area contributed by atoms with Gasteiger partial charge >= 0.3 is 14.5 Å². The number of fused-ring (bicyclic) bond motifs is 1. The first-order valence-electron chi connectivity index (χ1n) is 9.29. The minimum Gasteiger partial charge on any atom is -0.457 e. The second-order valence-corrected chi connectivity index (χ2v) is 14.1. The highest BCUT2D eigenvalue weighted by Gasteiger charge is 2.65. The molecule has 27 heavy (non-hydrogen) atoms.